The van der Waals surface area contributed by atoms with E-state index >= 15 is 0 Å². The van der Waals surface area contributed by atoms with Crippen LogP contribution in [0.5, 0.6) is 0 Å². The molecule has 1 aromatic heterocycles. The van der Waals surface area contributed by atoms with E-state index in [1.807, 2.05) is 47.9 Å². The van der Waals surface area contributed by atoms with Crippen LogP contribution in [0, 0.1) is 10.8 Å². The van der Waals surface area contributed by atoms with E-state index in [1.54, 1.807) is 60.7 Å². The zero-order valence-electron chi connectivity index (χ0n) is 53.1. The van der Waals surface area contributed by atoms with Crippen molar-refractivity contribution in [2.24, 2.45) is 20.8 Å². The Bertz CT molecular complexity index is 3280. The minimum Gasteiger partial charge on any atom is -0.459 e. The van der Waals surface area contributed by atoms with Gasteiger partial charge in [-0.25, -0.2) is 4.79 Å². The van der Waals surface area contributed by atoms with E-state index in [0.717, 1.165) is 75.8 Å². The van der Waals surface area contributed by atoms with Gasteiger partial charge >= 0.3 is 5.97 Å². The van der Waals surface area contributed by atoms with Crippen molar-refractivity contribution in [1.29, 1.82) is 0 Å². The van der Waals surface area contributed by atoms with Gasteiger partial charge in [0.2, 0.25) is 0 Å². The van der Waals surface area contributed by atoms with Gasteiger partial charge in [0.05, 0.1) is 30.3 Å². The predicted molar refractivity (Wildman–Crippen MR) is 348 cm³/mol. The molecule has 4 aromatic carbocycles. The first-order chi connectivity index (χ1) is 40.6. The number of likely N-dealkylation sites (tertiary alicyclic amines) is 2. The van der Waals surface area contributed by atoms with E-state index < -0.39 is 11.3 Å². The first-order valence-electron chi connectivity index (χ1n) is 30.4. The highest BCUT2D eigenvalue weighted by Crippen LogP contribution is 2.48. The normalized spacial score (nSPS) is 18.2. The van der Waals surface area contributed by atoms with Crippen LogP contribution in [0.1, 0.15) is 209 Å². The molecule has 2 N–H and O–H groups in total. The van der Waals surface area contributed by atoms with Crippen LogP contribution in [-0.2, 0) is 20.9 Å². The standard InChI is InChI=1S/C34H45Cl2N3O3.C33H42Cl2N8O2/c1-22(2)42-31(41)24-11-9-23(10-12-24)28(13-14-32(3,4)5)39-30(40)29(25-19-26(35)21-27(36)20-25)37-34(39)15-17-38(18-16-34)33(6,7)8;1-31(2,3)12-11-26(21-7-9-22(10-8-21)29(44)36-20-27-38-40-41-39-27)43-30(45)28(23-17-24(34)19-25(35)18-23)37-33(43)13-15-42(16-14-33)32(4,5)6/h9-12,19-22,28H,13-18H2,1-8H3;7-10,17-19,26H,11-16,20H2,1-6H3,(H,36,44)(H,38,39,40,41)/t28-;26-/m11/s1. The van der Waals surface area contributed by atoms with Gasteiger partial charge in [-0.1, -0.05) is 117 Å². The zero-order valence-corrected chi connectivity index (χ0v) is 56.1. The summed E-state index contributed by atoms with van der Waals surface area (Å²) in [6, 6.07) is 24.9. The molecule has 5 heterocycles. The smallest absolute Gasteiger partial charge is 0.338 e. The van der Waals surface area contributed by atoms with E-state index in [1.165, 1.54) is 0 Å². The van der Waals surface area contributed by atoms with Gasteiger partial charge in [-0.15, -0.1) is 10.2 Å². The van der Waals surface area contributed by atoms with Crippen molar-refractivity contribution in [3.8, 4) is 0 Å². The number of benzene rings is 4. The Labute approximate surface area is 534 Å². The number of piperidine rings is 2. The average Bonchev–Trinajstić information content (AvgIpc) is 1.65. The topological polar surface area (TPSA) is 182 Å². The third kappa shape index (κ3) is 16.6. The molecule has 16 nitrogen and oxygen atoms in total. The monoisotopic (exact) mass is 1270 g/mol. The Morgan fingerprint density at radius 2 is 0.966 bits per heavy atom. The molecule has 0 radical (unpaired) electrons. The van der Waals surface area contributed by atoms with Crippen molar-refractivity contribution in [1.82, 2.24) is 45.5 Å². The second kappa shape index (κ2) is 26.8. The number of aliphatic imine (C=N–C) groups is 2. The number of hydrogen-bond donors (Lipinski definition) is 2. The summed E-state index contributed by atoms with van der Waals surface area (Å²) in [5.74, 6) is -0.439. The Morgan fingerprint density at radius 1 is 0.586 bits per heavy atom. The van der Waals surface area contributed by atoms with Crippen LogP contribution < -0.4 is 5.32 Å². The van der Waals surface area contributed by atoms with Crippen molar-refractivity contribution in [2.75, 3.05) is 26.2 Å². The Hall–Kier alpha value is -5.75. The highest BCUT2D eigenvalue weighted by Gasteiger charge is 2.54. The van der Waals surface area contributed by atoms with Crippen LogP contribution in [-0.4, -0.2) is 130 Å². The van der Waals surface area contributed by atoms with E-state index in [2.05, 4.69) is 119 Å². The van der Waals surface area contributed by atoms with E-state index in [-0.39, 0.29) is 70.3 Å². The number of rotatable bonds is 15. The molecule has 0 bridgehead atoms. The molecule has 2 spiro atoms. The minimum atomic E-state index is -0.716. The predicted octanol–water partition coefficient (Wildman–Crippen LogP) is 14.6. The largest absolute Gasteiger partial charge is 0.459 e. The first kappa shape index (κ1) is 67.2. The molecule has 2 saturated heterocycles. The Morgan fingerprint density at radius 3 is 1.30 bits per heavy atom. The molecule has 0 saturated carbocycles. The average molecular weight is 1270 g/mol. The number of hydrogen-bond acceptors (Lipinski definition) is 12. The van der Waals surface area contributed by atoms with E-state index in [0.29, 0.717) is 72.4 Å². The number of esters is 1. The number of carbonyl (C=O) groups excluding carboxylic acids is 4. The lowest BCUT2D eigenvalue weighted by atomic mass is 9.84. The number of tetrazole rings is 1. The van der Waals surface area contributed by atoms with Crippen LogP contribution in [0.25, 0.3) is 0 Å². The number of carbonyl (C=O) groups is 4. The number of ether oxygens (including phenoxy) is 1. The van der Waals surface area contributed by atoms with Crippen LogP contribution >= 0.6 is 46.4 Å². The molecule has 87 heavy (non-hydrogen) atoms. The molecule has 2 fully saturated rings. The summed E-state index contributed by atoms with van der Waals surface area (Å²) in [5, 5.41) is 18.3. The Kier molecular flexibility index (Phi) is 20.7. The number of halogens is 4. The minimum absolute atomic E-state index is 0.00779. The third-order valence-electron chi connectivity index (χ3n) is 16.9. The molecular weight excluding hydrogens is 1180 g/mol. The first-order valence-corrected chi connectivity index (χ1v) is 31.9. The van der Waals surface area contributed by atoms with Crippen molar-refractivity contribution < 1.29 is 23.9 Å². The number of H-pyrrole nitrogens is 1. The summed E-state index contributed by atoms with van der Waals surface area (Å²) in [4.78, 5) is 74.1. The molecule has 3 amide bonds. The zero-order chi connectivity index (χ0) is 63.6. The quantitative estimate of drug-likeness (QED) is 0.0957. The number of aromatic nitrogens is 4. The maximum Gasteiger partial charge on any atom is 0.338 e. The van der Waals surface area contributed by atoms with Crippen LogP contribution in [0.4, 0.5) is 0 Å². The van der Waals surface area contributed by atoms with E-state index in [9.17, 15) is 19.2 Å². The van der Waals surface area contributed by atoms with Gasteiger partial charge in [0.25, 0.3) is 17.7 Å². The molecule has 4 aliphatic rings. The van der Waals surface area contributed by atoms with Gasteiger partial charge in [0.15, 0.2) is 5.82 Å². The fraction of sp³-hybridized carbons (Fsp3) is 0.537. The number of nitrogens with zero attached hydrogens (tertiary/aromatic N) is 9. The maximum atomic E-state index is 14.6. The van der Waals surface area contributed by atoms with Gasteiger partial charge in [-0.3, -0.25) is 34.2 Å². The lowest BCUT2D eigenvalue weighted by Crippen LogP contribution is -2.57. The molecule has 20 heteroatoms. The molecule has 4 aliphatic heterocycles. The molecule has 2 atom stereocenters. The Balaban J connectivity index is 0.000000226. The van der Waals surface area contributed by atoms with E-state index in [4.69, 9.17) is 61.1 Å². The summed E-state index contributed by atoms with van der Waals surface area (Å²) in [6.07, 6.45) is 5.94. The molecule has 0 aliphatic carbocycles. The van der Waals surface area contributed by atoms with Gasteiger partial charge in [0.1, 0.15) is 22.7 Å². The van der Waals surface area contributed by atoms with Crippen molar-refractivity contribution >= 4 is 81.5 Å². The highest BCUT2D eigenvalue weighted by atomic mass is 35.5. The van der Waals surface area contributed by atoms with Crippen LogP contribution in [0.2, 0.25) is 20.1 Å². The van der Waals surface area contributed by atoms with Gasteiger partial charge in [-0.2, -0.15) is 5.21 Å². The summed E-state index contributed by atoms with van der Waals surface area (Å²) in [5.41, 5.74) is 3.72. The molecule has 9 rings (SSSR count). The number of amides is 3. The summed E-state index contributed by atoms with van der Waals surface area (Å²) < 4.78 is 5.41. The second-order valence-electron chi connectivity index (χ2n) is 28.3. The summed E-state index contributed by atoms with van der Waals surface area (Å²) >= 11 is 25.5. The number of aromatic amines is 1. The highest BCUT2D eigenvalue weighted by molar-refractivity contribution is 6.48. The lowest BCUT2D eigenvalue weighted by Gasteiger charge is -2.49. The van der Waals surface area contributed by atoms with Gasteiger partial charge in [-0.05, 0) is 164 Å². The van der Waals surface area contributed by atoms with Crippen LogP contribution in [0.15, 0.2) is 94.9 Å². The molecular formula is C67H87Cl4N11O5. The SMILES string of the molecule is CC(C)(C)CC[C@H](c1ccc(C(=O)NCc2nn[nH]n2)cc1)N1C(=O)C(c2cc(Cl)cc(Cl)c2)=NC12CCN(C(C)(C)C)CC2.CC(C)OC(=O)c1ccc([C@@H](CCC(C)(C)C)N2C(=O)C(c3cc(Cl)cc(Cl)c3)=NC23CCN(C(C)(C)C)CC3)cc1. The van der Waals surface area contributed by atoms with Gasteiger partial charge in [0, 0.05) is 99.7 Å². The maximum absolute atomic E-state index is 14.6. The van der Waals surface area contributed by atoms with Gasteiger partial charge < -0.3 is 19.9 Å². The molecule has 468 valence electrons. The summed E-state index contributed by atoms with van der Waals surface area (Å²) in [6.45, 7) is 33.7. The number of nitrogens with one attached hydrogen (secondary N) is 2. The fourth-order valence-electron chi connectivity index (χ4n) is 12.2. The lowest BCUT2D eigenvalue weighted by molar-refractivity contribution is -0.135. The molecule has 0 unspecified atom stereocenters. The summed E-state index contributed by atoms with van der Waals surface area (Å²) in [7, 11) is 0. The van der Waals surface area contributed by atoms with Crippen molar-refractivity contribution in [3.63, 3.8) is 0 Å². The van der Waals surface area contributed by atoms with Crippen LogP contribution in [0.3, 0.4) is 0 Å². The third-order valence-corrected chi connectivity index (χ3v) is 17.7. The fourth-order valence-corrected chi connectivity index (χ4v) is 13.2. The molecule has 5 aromatic rings. The van der Waals surface area contributed by atoms with Crippen molar-refractivity contribution in [3.05, 3.63) is 144 Å². The van der Waals surface area contributed by atoms with Crippen molar-refractivity contribution in [2.45, 2.75) is 195 Å². The second-order valence-corrected chi connectivity index (χ2v) is 30.1.